The zero-order chi connectivity index (χ0) is 51.8. The molecule has 0 aromatic heterocycles. The number of aliphatic hydroxyl groups is 7. The first-order valence-corrected chi connectivity index (χ1v) is 29.5. The molecule has 0 aromatic rings. The highest BCUT2D eigenvalue weighted by Crippen LogP contribution is 2.23. The Hall–Kier alpha value is -1.93. The Balaban J connectivity index is 2.35. The molecule has 1 fully saturated rings. The van der Waals surface area contributed by atoms with E-state index in [9.17, 15) is 40.5 Å². The van der Waals surface area contributed by atoms with Gasteiger partial charge in [-0.1, -0.05) is 223 Å². The van der Waals surface area contributed by atoms with Gasteiger partial charge in [-0.05, 0) is 83.5 Å². The molecule has 71 heavy (non-hydrogen) atoms. The minimum absolute atomic E-state index is 0.243. The number of hydrogen-bond donors (Lipinski definition) is 8. The Kier molecular flexibility index (Phi) is 46.3. The first-order valence-electron chi connectivity index (χ1n) is 29.5. The molecule has 11 nitrogen and oxygen atoms in total. The molecule has 11 heteroatoms. The third kappa shape index (κ3) is 37.5. The van der Waals surface area contributed by atoms with Crippen molar-refractivity contribution in [1.29, 1.82) is 0 Å². The number of unbranched alkanes of at least 4 members (excludes halogenated alkanes) is 30. The van der Waals surface area contributed by atoms with Crippen LogP contribution in [0.5, 0.6) is 0 Å². The monoisotopic (exact) mass is 1010 g/mol. The van der Waals surface area contributed by atoms with Gasteiger partial charge >= 0.3 is 0 Å². The van der Waals surface area contributed by atoms with Crippen LogP contribution in [0.1, 0.15) is 258 Å². The molecule has 0 saturated carbocycles. The van der Waals surface area contributed by atoms with Crippen molar-refractivity contribution in [2.45, 2.75) is 313 Å². The lowest BCUT2D eigenvalue weighted by molar-refractivity contribution is -0.303. The summed E-state index contributed by atoms with van der Waals surface area (Å²) in [7, 11) is 0. The maximum absolute atomic E-state index is 13.2. The fraction of sp³-hybridized carbons (Fsp3) is 0.850. The molecular weight excluding hydrogens is 895 g/mol. The van der Waals surface area contributed by atoms with Crippen LogP contribution in [0.3, 0.4) is 0 Å². The van der Waals surface area contributed by atoms with Crippen LogP contribution < -0.4 is 5.32 Å². The molecule has 8 N–H and O–H groups in total. The van der Waals surface area contributed by atoms with Gasteiger partial charge in [0, 0.05) is 0 Å². The quantitative estimate of drug-likeness (QED) is 0.0215. The van der Waals surface area contributed by atoms with E-state index in [2.05, 4.69) is 67.8 Å². The Labute approximate surface area is 434 Å². The molecule has 9 unspecified atom stereocenters. The van der Waals surface area contributed by atoms with Gasteiger partial charge < -0.3 is 50.5 Å². The lowest BCUT2D eigenvalue weighted by Gasteiger charge is -2.40. The van der Waals surface area contributed by atoms with E-state index in [4.69, 9.17) is 9.47 Å². The standard InChI is InChI=1S/C60H111NO10/c1-3-5-7-9-11-13-15-17-19-21-23-25-26-27-28-30-32-34-36-38-40-42-44-46-48-53(64)59(69)61-51(50-70-60-58(68)57(67)56(66)54(49-62)71-60)55(65)52(63)47-45-43-41-39-37-35-33-31-29-24-22-20-18-16-14-12-10-8-6-4-2/h23,25,27-28,31,33,39,41,51-58,60,62-68H,3-22,24,26,29-30,32,34-38,40,42-50H2,1-2H3,(H,61,69)/b25-23-,28-27-,33-31+,41-39+. The van der Waals surface area contributed by atoms with E-state index < -0.39 is 74.2 Å². The van der Waals surface area contributed by atoms with E-state index in [1.54, 1.807) is 0 Å². The number of carbonyl (C=O) groups is 1. The molecule has 1 saturated heterocycles. The molecule has 9 atom stereocenters. The summed E-state index contributed by atoms with van der Waals surface area (Å²) in [6.45, 7) is 3.45. The minimum Gasteiger partial charge on any atom is -0.394 e. The van der Waals surface area contributed by atoms with Gasteiger partial charge in [0.15, 0.2) is 6.29 Å². The highest BCUT2D eigenvalue weighted by Gasteiger charge is 2.44. The van der Waals surface area contributed by atoms with Crippen LogP contribution in [0.2, 0.25) is 0 Å². The lowest BCUT2D eigenvalue weighted by atomic mass is 9.98. The summed E-state index contributed by atoms with van der Waals surface area (Å²) in [4.78, 5) is 13.2. The number of allylic oxidation sites excluding steroid dienone is 8. The van der Waals surface area contributed by atoms with Crippen molar-refractivity contribution in [2.75, 3.05) is 13.2 Å². The fourth-order valence-corrected chi connectivity index (χ4v) is 9.25. The van der Waals surface area contributed by atoms with Gasteiger partial charge in [0.2, 0.25) is 5.91 Å². The van der Waals surface area contributed by atoms with Crippen LogP contribution in [0.15, 0.2) is 48.6 Å². The third-order valence-electron chi connectivity index (χ3n) is 14.1. The molecule has 1 aliphatic heterocycles. The summed E-state index contributed by atoms with van der Waals surface area (Å²) < 4.78 is 11.1. The summed E-state index contributed by atoms with van der Waals surface area (Å²) >= 11 is 0. The maximum Gasteiger partial charge on any atom is 0.249 e. The Bertz CT molecular complexity index is 1290. The molecule has 0 aliphatic carbocycles. The van der Waals surface area contributed by atoms with Crippen LogP contribution in [-0.4, -0.2) is 110 Å². The van der Waals surface area contributed by atoms with Crippen molar-refractivity contribution < 1.29 is 50.0 Å². The second kappa shape index (κ2) is 49.0. The van der Waals surface area contributed by atoms with Crippen LogP contribution in [0, 0.1) is 0 Å². The molecular formula is C60H111NO10. The zero-order valence-corrected chi connectivity index (χ0v) is 45.5. The first-order chi connectivity index (χ1) is 34.7. The van der Waals surface area contributed by atoms with Gasteiger partial charge in [0.05, 0.1) is 25.4 Å². The van der Waals surface area contributed by atoms with Crippen LogP contribution in [0.4, 0.5) is 0 Å². The molecule has 1 aliphatic rings. The first kappa shape index (κ1) is 67.1. The van der Waals surface area contributed by atoms with Crippen molar-refractivity contribution in [3.05, 3.63) is 48.6 Å². The van der Waals surface area contributed by atoms with E-state index in [0.29, 0.717) is 19.3 Å². The van der Waals surface area contributed by atoms with E-state index in [0.717, 1.165) is 57.8 Å². The topological polar surface area (TPSA) is 189 Å². The second-order valence-electron chi connectivity index (χ2n) is 20.7. The second-order valence-corrected chi connectivity index (χ2v) is 20.7. The van der Waals surface area contributed by atoms with Gasteiger partial charge in [-0.2, -0.15) is 0 Å². The van der Waals surface area contributed by atoms with Gasteiger partial charge in [-0.15, -0.1) is 0 Å². The summed E-state index contributed by atoms with van der Waals surface area (Å²) in [5.41, 5.74) is 0. The van der Waals surface area contributed by atoms with Crippen molar-refractivity contribution in [3.8, 4) is 0 Å². The number of hydrogen-bond acceptors (Lipinski definition) is 10. The lowest BCUT2D eigenvalue weighted by Crippen LogP contribution is -2.60. The van der Waals surface area contributed by atoms with Gasteiger partial charge in [-0.25, -0.2) is 0 Å². The van der Waals surface area contributed by atoms with Crippen molar-refractivity contribution in [3.63, 3.8) is 0 Å². The third-order valence-corrected chi connectivity index (χ3v) is 14.1. The highest BCUT2D eigenvalue weighted by atomic mass is 16.7. The number of amides is 1. The summed E-state index contributed by atoms with van der Waals surface area (Å²) in [6, 6.07) is -1.20. The number of carbonyl (C=O) groups excluding carboxylic acids is 1. The number of ether oxygens (including phenoxy) is 2. The largest absolute Gasteiger partial charge is 0.394 e. The van der Waals surface area contributed by atoms with E-state index >= 15 is 0 Å². The molecule has 416 valence electrons. The fourth-order valence-electron chi connectivity index (χ4n) is 9.25. The Morgan fingerprint density at radius 1 is 0.493 bits per heavy atom. The molecule has 0 spiro atoms. The molecule has 0 radical (unpaired) electrons. The SMILES string of the molecule is CCCCCCCCCCC/C=C\C/C=C\CCCCCCCCCCC(O)C(=O)NC(COC1OC(CO)C(O)C(O)C1O)C(O)C(O)CCC/C=C/CC/C=C/CCCCCCCCCCCCC. The average Bonchev–Trinajstić information content (AvgIpc) is 3.37. The van der Waals surface area contributed by atoms with Crippen LogP contribution >= 0.6 is 0 Å². The van der Waals surface area contributed by atoms with Crippen molar-refractivity contribution >= 4 is 5.91 Å². The van der Waals surface area contributed by atoms with Gasteiger partial charge in [0.25, 0.3) is 0 Å². The van der Waals surface area contributed by atoms with E-state index in [1.807, 2.05) is 0 Å². The number of nitrogens with one attached hydrogen (secondary N) is 1. The maximum atomic E-state index is 13.2. The smallest absolute Gasteiger partial charge is 0.249 e. The molecule has 1 heterocycles. The highest BCUT2D eigenvalue weighted by molar-refractivity contribution is 5.80. The molecule has 1 amide bonds. The Morgan fingerprint density at radius 3 is 1.34 bits per heavy atom. The average molecular weight is 1010 g/mol. The summed E-state index contributed by atoms with van der Waals surface area (Å²) in [5.74, 6) is -0.714. The van der Waals surface area contributed by atoms with Crippen molar-refractivity contribution in [2.24, 2.45) is 0 Å². The zero-order valence-electron chi connectivity index (χ0n) is 45.5. The Morgan fingerprint density at radius 2 is 0.887 bits per heavy atom. The van der Waals surface area contributed by atoms with Crippen LogP contribution in [0.25, 0.3) is 0 Å². The predicted molar refractivity (Wildman–Crippen MR) is 293 cm³/mol. The normalized spacial score (nSPS) is 20.5. The molecule has 0 aromatic carbocycles. The van der Waals surface area contributed by atoms with Gasteiger partial charge in [-0.3, -0.25) is 4.79 Å². The van der Waals surface area contributed by atoms with Gasteiger partial charge in [0.1, 0.15) is 36.6 Å². The van der Waals surface area contributed by atoms with Crippen molar-refractivity contribution in [1.82, 2.24) is 5.32 Å². The number of rotatable bonds is 50. The van der Waals surface area contributed by atoms with Crippen LogP contribution in [-0.2, 0) is 14.3 Å². The van der Waals surface area contributed by atoms with E-state index in [1.165, 1.54) is 154 Å². The minimum atomic E-state index is -1.67. The predicted octanol–water partition coefficient (Wildman–Crippen LogP) is 12.5. The number of aliphatic hydroxyl groups excluding tert-OH is 7. The summed E-state index contributed by atoms with van der Waals surface area (Å²) in [5, 5.41) is 76.1. The molecule has 0 bridgehead atoms. The molecule has 1 rings (SSSR count). The van der Waals surface area contributed by atoms with E-state index in [-0.39, 0.29) is 12.8 Å². The summed E-state index contributed by atoms with van der Waals surface area (Å²) in [6.07, 6.45) is 50.2.